The Morgan fingerprint density at radius 1 is 1.39 bits per heavy atom. The molecular formula is C14H28N2O2. The second-order valence-corrected chi connectivity index (χ2v) is 5.69. The number of rotatable bonds is 6. The zero-order valence-corrected chi connectivity index (χ0v) is 12.3. The molecule has 4 nitrogen and oxygen atoms in total. The first-order chi connectivity index (χ1) is 8.54. The van der Waals surface area contributed by atoms with E-state index >= 15 is 0 Å². The lowest BCUT2D eigenvalue weighted by Crippen LogP contribution is -2.59. The maximum absolute atomic E-state index is 12.1. The summed E-state index contributed by atoms with van der Waals surface area (Å²) < 4.78 is 5.00. The largest absolute Gasteiger partial charge is 0.468 e. The van der Waals surface area contributed by atoms with Crippen molar-refractivity contribution in [2.75, 3.05) is 33.3 Å². The molecule has 1 fully saturated rings. The number of carbonyl (C=O) groups excluding carboxylic acids is 1. The molecule has 0 aliphatic carbocycles. The van der Waals surface area contributed by atoms with Crippen LogP contribution in [0.15, 0.2) is 0 Å². The van der Waals surface area contributed by atoms with E-state index in [-0.39, 0.29) is 5.97 Å². The Hall–Kier alpha value is -0.610. The summed E-state index contributed by atoms with van der Waals surface area (Å²) in [5.41, 5.74) is -0.455. The van der Waals surface area contributed by atoms with Crippen molar-refractivity contribution < 1.29 is 9.53 Å². The molecule has 0 bridgehead atoms. The van der Waals surface area contributed by atoms with Crippen molar-refractivity contribution in [1.29, 1.82) is 0 Å². The molecule has 0 radical (unpaired) electrons. The third kappa shape index (κ3) is 3.95. The minimum absolute atomic E-state index is 0.0979. The number of piperidine rings is 1. The van der Waals surface area contributed by atoms with Crippen LogP contribution in [0.2, 0.25) is 0 Å². The Kier molecular flexibility index (Phi) is 6.09. The second kappa shape index (κ2) is 7.10. The molecule has 1 heterocycles. The second-order valence-electron chi connectivity index (χ2n) is 5.69. The van der Waals surface area contributed by atoms with Gasteiger partial charge in [0.05, 0.1) is 7.11 Å². The minimum Gasteiger partial charge on any atom is -0.468 e. The summed E-state index contributed by atoms with van der Waals surface area (Å²) in [4.78, 5) is 14.5. The molecule has 1 aliphatic rings. The molecule has 0 amide bonds. The Bertz CT molecular complexity index is 259. The van der Waals surface area contributed by atoms with Gasteiger partial charge in [0.15, 0.2) is 0 Å². The van der Waals surface area contributed by atoms with Crippen molar-refractivity contribution in [3.63, 3.8) is 0 Å². The lowest BCUT2D eigenvalue weighted by Gasteiger charge is -2.40. The standard InChI is InChI=1S/C14H28N2O2/c1-5-8-16-9-6-14(7-10-16,13(17)18-4)15-11-12(2)3/h12,15H,5-11H2,1-4H3. The third-order valence-electron chi connectivity index (χ3n) is 3.67. The molecular weight excluding hydrogens is 228 g/mol. The van der Waals surface area contributed by atoms with Crippen LogP contribution >= 0.6 is 0 Å². The highest BCUT2D eigenvalue weighted by Crippen LogP contribution is 2.24. The van der Waals surface area contributed by atoms with Crippen molar-refractivity contribution in [2.45, 2.75) is 45.6 Å². The van der Waals surface area contributed by atoms with Gasteiger partial charge in [0, 0.05) is 13.1 Å². The quantitative estimate of drug-likeness (QED) is 0.734. The molecule has 0 aromatic heterocycles. The molecule has 4 heteroatoms. The van der Waals surface area contributed by atoms with Gasteiger partial charge < -0.3 is 15.0 Å². The topological polar surface area (TPSA) is 41.6 Å². The Morgan fingerprint density at radius 3 is 2.44 bits per heavy atom. The molecule has 106 valence electrons. The van der Waals surface area contributed by atoms with E-state index in [1.54, 1.807) is 0 Å². The Labute approximate surface area is 111 Å². The van der Waals surface area contributed by atoms with Gasteiger partial charge in [-0.1, -0.05) is 20.8 Å². The van der Waals surface area contributed by atoms with Gasteiger partial charge in [-0.25, -0.2) is 0 Å². The van der Waals surface area contributed by atoms with Crippen LogP contribution in [-0.4, -0.2) is 49.7 Å². The number of esters is 1. The van der Waals surface area contributed by atoms with Gasteiger partial charge in [-0.2, -0.15) is 0 Å². The van der Waals surface area contributed by atoms with Crippen molar-refractivity contribution >= 4 is 5.97 Å². The molecule has 0 atom stereocenters. The van der Waals surface area contributed by atoms with Crippen LogP contribution in [0, 0.1) is 5.92 Å². The molecule has 1 rings (SSSR count). The van der Waals surface area contributed by atoms with Crippen molar-refractivity contribution in [1.82, 2.24) is 10.2 Å². The number of nitrogens with zero attached hydrogens (tertiary/aromatic N) is 1. The van der Waals surface area contributed by atoms with Gasteiger partial charge in [-0.15, -0.1) is 0 Å². The first kappa shape index (κ1) is 15.4. The van der Waals surface area contributed by atoms with Gasteiger partial charge in [-0.3, -0.25) is 4.79 Å². The van der Waals surface area contributed by atoms with E-state index in [1.165, 1.54) is 13.5 Å². The molecule has 0 unspecified atom stereocenters. The molecule has 0 aromatic carbocycles. The maximum atomic E-state index is 12.1. The predicted molar refractivity (Wildman–Crippen MR) is 73.6 cm³/mol. The molecule has 1 aliphatic heterocycles. The minimum atomic E-state index is -0.455. The molecule has 18 heavy (non-hydrogen) atoms. The van der Waals surface area contributed by atoms with E-state index in [0.29, 0.717) is 5.92 Å². The van der Waals surface area contributed by atoms with E-state index in [0.717, 1.165) is 39.0 Å². The lowest BCUT2D eigenvalue weighted by atomic mass is 9.87. The van der Waals surface area contributed by atoms with E-state index in [4.69, 9.17) is 4.74 Å². The SMILES string of the molecule is CCCN1CCC(NCC(C)C)(C(=O)OC)CC1. The van der Waals surface area contributed by atoms with Gasteiger partial charge in [0.2, 0.25) is 0 Å². The van der Waals surface area contributed by atoms with Crippen LogP contribution in [-0.2, 0) is 9.53 Å². The molecule has 0 spiro atoms. The van der Waals surface area contributed by atoms with Gasteiger partial charge in [0.25, 0.3) is 0 Å². The van der Waals surface area contributed by atoms with Gasteiger partial charge in [0.1, 0.15) is 5.54 Å². The number of nitrogens with one attached hydrogen (secondary N) is 1. The number of hydrogen-bond acceptors (Lipinski definition) is 4. The summed E-state index contributed by atoms with van der Waals surface area (Å²) in [5.74, 6) is 0.444. The normalized spacial score (nSPS) is 20.1. The van der Waals surface area contributed by atoms with Crippen molar-refractivity contribution in [2.24, 2.45) is 5.92 Å². The van der Waals surface area contributed by atoms with Crippen LogP contribution in [0.1, 0.15) is 40.0 Å². The van der Waals surface area contributed by atoms with Crippen LogP contribution in [0.4, 0.5) is 0 Å². The van der Waals surface area contributed by atoms with Crippen LogP contribution in [0.5, 0.6) is 0 Å². The fourth-order valence-electron chi connectivity index (χ4n) is 2.52. The van der Waals surface area contributed by atoms with Crippen molar-refractivity contribution in [3.8, 4) is 0 Å². The zero-order chi connectivity index (χ0) is 13.6. The molecule has 0 saturated carbocycles. The average molecular weight is 256 g/mol. The highest BCUT2D eigenvalue weighted by Gasteiger charge is 2.41. The van der Waals surface area contributed by atoms with Gasteiger partial charge in [-0.05, 0) is 38.3 Å². The number of likely N-dealkylation sites (tertiary alicyclic amines) is 1. The molecule has 0 aromatic rings. The highest BCUT2D eigenvalue weighted by molar-refractivity contribution is 5.81. The van der Waals surface area contributed by atoms with Crippen LogP contribution < -0.4 is 5.32 Å². The van der Waals surface area contributed by atoms with E-state index < -0.39 is 5.54 Å². The zero-order valence-electron chi connectivity index (χ0n) is 12.3. The number of methoxy groups -OCH3 is 1. The van der Waals surface area contributed by atoms with Crippen LogP contribution in [0.3, 0.4) is 0 Å². The molecule has 1 N–H and O–H groups in total. The van der Waals surface area contributed by atoms with E-state index in [2.05, 4.69) is 31.0 Å². The van der Waals surface area contributed by atoms with E-state index in [1.807, 2.05) is 0 Å². The monoisotopic (exact) mass is 256 g/mol. The summed E-state index contributed by atoms with van der Waals surface area (Å²) in [6, 6.07) is 0. The number of ether oxygens (including phenoxy) is 1. The van der Waals surface area contributed by atoms with E-state index in [9.17, 15) is 4.79 Å². The Balaban J connectivity index is 2.61. The summed E-state index contributed by atoms with van der Waals surface area (Å²) in [6.07, 6.45) is 2.88. The summed E-state index contributed by atoms with van der Waals surface area (Å²) >= 11 is 0. The predicted octanol–water partition coefficient (Wildman–Crippen LogP) is 1.65. The summed E-state index contributed by atoms with van der Waals surface area (Å²) in [5, 5.41) is 3.45. The molecule has 1 saturated heterocycles. The summed E-state index contributed by atoms with van der Waals surface area (Å²) in [7, 11) is 1.49. The fourth-order valence-corrected chi connectivity index (χ4v) is 2.52. The third-order valence-corrected chi connectivity index (χ3v) is 3.67. The highest BCUT2D eigenvalue weighted by atomic mass is 16.5. The smallest absolute Gasteiger partial charge is 0.326 e. The fraction of sp³-hybridized carbons (Fsp3) is 0.929. The summed E-state index contributed by atoms with van der Waals surface area (Å²) in [6.45, 7) is 10.5. The van der Waals surface area contributed by atoms with Crippen molar-refractivity contribution in [3.05, 3.63) is 0 Å². The Morgan fingerprint density at radius 2 is 2.00 bits per heavy atom. The lowest BCUT2D eigenvalue weighted by molar-refractivity contribution is -0.151. The first-order valence-corrected chi connectivity index (χ1v) is 7.10. The maximum Gasteiger partial charge on any atom is 0.326 e. The average Bonchev–Trinajstić information content (AvgIpc) is 2.37. The van der Waals surface area contributed by atoms with Crippen LogP contribution in [0.25, 0.3) is 0 Å². The van der Waals surface area contributed by atoms with Gasteiger partial charge >= 0.3 is 5.97 Å². The number of carbonyl (C=O) groups is 1. The number of hydrogen-bond donors (Lipinski definition) is 1. The first-order valence-electron chi connectivity index (χ1n) is 7.10.